The summed E-state index contributed by atoms with van der Waals surface area (Å²) in [6, 6.07) is 13.6. The lowest BCUT2D eigenvalue weighted by atomic mass is 10.0. The first-order valence-corrected chi connectivity index (χ1v) is 10.8. The number of carbonyl (C=O) groups excluding carboxylic acids is 1. The highest BCUT2D eigenvalue weighted by molar-refractivity contribution is 7.89. The molecule has 0 saturated heterocycles. The number of carbonyl (C=O) groups is 1. The molecule has 1 atom stereocenters. The highest BCUT2D eigenvalue weighted by Gasteiger charge is 2.32. The van der Waals surface area contributed by atoms with Crippen LogP contribution in [0.1, 0.15) is 43.0 Å². The number of cyclic esters (lactones) is 1. The van der Waals surface area contributed by atoms with Gasteiger partial charge in [-0.1, -0.05) is 47.5 Å². The summed E-state index contributed by atoms with van der Waals surface area (Å²) in [4.78, 5) is 12.1. The molecule has 1 aliphatic heterocycles. The second kappa shape index (κ2) is 8.00. The Bertz CT molecular complexity index is 1020. The first kappa shape index (κ1) is 21.1. The van der Waals surface area contributed by atoms with Gasteiger partial charge in [0.25, 0.3) is 0 Å². The number of hydrogen-bond donors (Lipinski definition) is 1. The summed E-state index contributed by atoms with van der Waals surface area (Å²) in [5, 5.41) is 0. The smallest absolute Gasteiger partial charge is 0.337 e. The zero-order valence-corrected chi connectivity index (χ0v) is 17.7. The zero-order valence-electron chi connectivity index (χ0n) is 16.9. The fourth-order valence-corrected chi connectivity index (χ4v) is 4.29. The first-order valence-electron chi connectivity index (χ1n) is 9.32. The van der Waals surface area contributed by atoms with Gasteiger partial charge in [0.1, 0.15) is 5.76 Å². The minimum Gasteiger partial charge on any atom is -0.457 e. The van der Waals surface area contributed by atoms with E-state index in [1.807, 2.05) is 38.1 Å². The number of nitrogens with one attached hydrogen (secondary N) is 1. The molecule has 0 amide bonds. The SMILES string of the molecule is Cc1ccc(C(CC2=CC(=O)OC(C)(C)O2)NS(=O)(=O)c2ccc(C)cc2)cc1. The van der Waals surface area contributed by atoms with Crippen molar-refractivity contribution in [2.45, 2.75) is 50.8 Å². The number of esters is 1. The Hall–Kier alpha value is -2.64. The number of benzene rings is 2. The minimum absolute atomic E-state index is 0.173. The molecule has 0 bridgehead atoms. The van der Waals surface area contributed by atoms with Crippen LogP contribution >= 0.6 is 0 Å². The monoisotopic (exact) mass is 415 g/mol. The second-order valence-electron chi connectivity index (χ2n) is 7.64. The molecular weight excluding hydrogens is 390 g/mol. The number of ether oxygens (including phenoxy) is 2. The van der Waals surface area contributed by atoms with Crippen LogP contribution in [0.3, 0.4) is 0 Å². The topological polar surface area (TPSA) is 81.7 Å². The van der Waals surface area contributed by atoms with Gasteiger partial charge in [0, 0.05) is 20.3 Å². The first-order chi connectivity index (χ1) is 13.5. The van der Waals surface area contributed by atoms with E-state index in [0.717, 1.165) is 16.7 Å². The summed E-state index contributed by atoms with van der Waals surface area (Å²) in [5.41, 5.74) is 2.81. The summed E-state index contributed by atoms with van der Waals surface area (Å²) in [7, 11) is -3.78. The van der Waals surface area contributed by atoms with Gasteiger partial charge in [0.15, 0.2) is 0 Å². The van der Waals surface area contributed by atoms with E-state index in [4.69, 9.17) is 9.47 Å². The molecule has 1 aliphatic rings. The van der Waals surface area contributed by atoms with E-state index in [1.165, 1.54) is 6.08 Å². The summed E-state index contributed by atoms with van der Waals surface area (Å²) in [5.74, 6) is -1.25. The third-order valence-corrected chi connectivity index (χ3v) is 6.00. The molecule has 29 heavy (non-hydrogen) atoms. The molecular formula is C22H25NO5S. The molecule has 3 rings (SSSR count). The van der Waals surface area contributed by atoms with Crippen molar-refractivity contribution >= 4 is 16.0 Å². The predicted octanol–water partition coefficient (Wildman–Crippen LogP) is 3.91. The summed E-state index contributed by atoms with van der Waals surface area (Å²) in [6.45, 7) is 7.12. The molecule has 0 saturated carbocycles. The molecule has 0 aliphatic carbocycles. The molecule has 0 aromatic heterocycles. The normalized spacial score (nSPS) is 17.1. The average molecular weight is 416 g/mol. The van der Waals surface area contributed by atoms with Crippen molar-refractivity contribution in [2.24, 2.45) is 0 Å². The van der Waals surface area contributed by atoms with E-state index in [2.05, 4.69) is 4.72 Å². The van der Waals surface area contributed by atoms with Crippen molar-refractivity contribution in [1.82, 2.24) is 4.72 Å². The van der Waals surface area contributed by atoms with Crippen molar-refractivity contribution in [3.8, 4) is 0 Å². The van der Waals surface area contributed by atoms with Gasteiger partial charge in [0.05, 0.1) is 17.0 Å². The highest BCUT2D eigenvalue weighted by atomic mass is 32.2. The van der Waals surface area contributed by atoms with E-state index in [1.54, 1.807) is 38.1 Å². The molecule has 7 heteroatoms. The largest absolute Gasteiger partial charge is 0.457 e. The Morgan fingerprint density at radius 1 is 0.931 bits per heavy atom. The van der Waals surface area contributed by atoms with Gasteiger partial charge >= 0.3 is 5.97 Å². The molecule has 6 nitrogen and oxygen atoms in total. The van der Waals surface area contributed by atoms with Crippen LogP contribution in [0, 0.1) is 13.8 Å². The van der Waals surface area contributed by atoms with E-state index in [0.29, 0.717) is 5.76 Å². The Balaban J connectivity index is 1.92. The molecule has 1 N–H and O–H groups in total. The van der Waals surface area contributed by atoms with Gasteiger partial charge in [-0.2, -0.15) is 0 Å². The lowest BCUT2D eigenvalue weighted by Crippen LogP contribution is -2.36. The van der Waals surface area contributed by atoms with E-state index >= 15 is 0 Å². The van der Waals surface area contributed by atoms with Gasteiger partial charge in [-0.15, -0.1) is 0 Å². The lowest BCUT2D eigenvalue weighted by Gasteiger charge is -2.32. The number of sulfonamides is 1. The molecule has 0 radical (unpaired) electrons. The minimum atomic E-state index is -3.78. The van der Waals surface area contributed by atoms with Crippen LogP contribution in [-0.4, -0.2) is 20.2 Å². The quantitative estimate of drug-likeness (QED) is 0.724. The van der Waals surface area contributed by atoms with Crippen molar-refractivity contribution < 1.29 is 22.7 Å². The molecule has 2 aromatic rings. The Labute approximate surface area is 171 Å². The molecule has 1 heterocycles. The molecule has 154 valence electrons. The van der Waals surface area contributed by atoms with E-state index in [-0.39, 0.29) is 11.3 Å². The van der Waals surface area contributed by atoms with Crippen molar-refractivity contribution in [3.63, 3.8) is 0 Å². The van der Waals surface area contributed by atoms with Crippen LogP contribution < -0.4 is 4.72 Å². The third kappa shape index (κ3) is 5.46. The molecule has 1 unspecified atom stereocenters. The Kier molecular flexibility index (Phi) is 5.82. The van der Waals surface area contributed by atoms with Gasteiger partial charge < -0.3 is 9.47 Å². The van der Waals surface area contributed by atoms with Crippen LogP contribution in [-0.2, 0) is 24.3 Å². The van der Waals surface area contributed by atoms with Gasteiger partial charge in [-0.25, -0.2) is 17.9 Å². The molecule has 0 spiro atoms. The summed E-state index contributed by atoms with van der Waals surface area (Å²) >= 11 is 0. The lowest BCUT2D eigenvalue weighted by molar-refractivity contribution is -0.206. The standard InChI is InChI=1S/C22H25NO5S/c1-15-5-9-17(10-6-15)20(13-18-14-21(24)28-22(3,4)27-18)23-29(25,26)19-11-7-16(2)8-12-19/h5-12,14,20,23H,13H2,1-4H3. The maximum Gasteiger partial charge on any atom is 0.337 e. The molecule has 0 fully saturated rings. The van der Waals surface area contributed by atoms with E-state index in [9.17, 15) is 13.2 Å². The molecule has 2 aromatic carbocycles. The number of aryl methyl sites for hydroxylation is 2. The number of rotatable bonds is 6. The van der Waals surface area contributed by atoms with Crippen molar-refractivity contribution in [3.05, 3.63) is 77.1 Å². The second-order valence-corrected chi connectivity index (χ2v) is 9.35. The van der Waals surface area contributed by atoms with Gasteiger partial charge in [-0.3, -0.25) is 0 Å². The average Bonchev–Trinajstić information content (AvgIpc) is 2.60. The highest BCUT2D eigenvalue weighted by Crippen LogP contribution is 2.30. The summed E-state index contributed by atoms with van der Waals surface area (Å²) < 4.78 is 39.5. The van der Waals surface area contributed by atoms with Gasteiger partial charge in [0.2, 0.25) is 15.8 Å². The Morgan fingerprint density at radius 2 is 1.48 bits per heavy atom. The van der Waals surface area contributed by atoms with Crippen LogP contribution in [0.15, 0.2) is 65.3 Å². The summed E-state index contributed by atoms with van der Waals surface area (Å²) in [6.07, 6.45) is 1.43. The predicted molar refractivity (Wildman–Crippen MR) is 109 cm³/mol. The van der Waals surface area contributed by atoms with Crippen molar-refractivity contribution in [2.75, 3.05) is 0 Å². The fourth-order valence-electron chi connectivity index (χ4n) is 3.07. The fraction of sp³-hybridized carbons (Fsp3) is 0.318. The van der Waals surface area contributed by atoms with Gasteiger partial charge in [-0.05, 0) is 31.5 Å². The van der Waals surface area contributed by atoms with Crippen LogP contribution in [0.5, 0.6) is 0 Å². The van der Waals surface area contributed by atoms with Crippen LogP contribution in [0.4, 0.5) is 0 Å². The van der Waals surface area contributed by atoms with E-state index < -0.39 is 27.8 Å². The number of hydrogen-bond acceptors (Lipinski definition) is 5. The maximum atomic E-state index is 13.0. The zero-order chi connectivity index (χ0) is 21.2. The third-order valence-electron chi connectivity index (χ3n) is 4.52. The van der Waals surface area contributed by atoms with Crippen LogP contribution in [0.25, 0.3) is 0 Å². The Morgan fingerprint density at radius 3 is 2.03 bits per heavy atom. The van der Waals surface area contributed by atoms with Crippen LogP contribution in [0.2, 0.25) is 0 Å². The maximum absolute atomic E-state index is 13.0. The van der Waals surface area contributed by atoms with Crippen molar-refractivity contribution in [1.29, 1.82) is 0 Å².